The van der Waals surface area contributed by atoms with E-state index in [4.69, 9.17) is 4.98 Å². The second kappa shape index (κ2) is 5.63. The lowest BCUT2D eigenvalue weighted by Gasteiger charge is -2.22. The molecule has 1 amide bonds. The van der Waals surface area contributed by atoms with Crippen molar-refractivity contribution in [1.29, 1.82) is 0 Å². The molecule has 0 aromatic carbocycles. The molecule has 6 nitrogen and oxygen atoms in total. The van der Waals surface area contributed by atoms with Gasteiger partial charge in [-0.2, -0.15) is 5.10 Å². The fourth-order valence-corrected chi connectivity index (χ4v) is 2.92. The van der Waals surface area contributed by atoms with Crippen molar-refractivity contribution in [2.75, 3.05) is 6.54 Å². The Kier molecular flexibility index (Phi) is 3.68. The highest BCUT2D eigenvalue weighted by molar-refractivity contribution is 5.74. The largest absolute Gasteiger partial charge is 0.334 e. The number of hydrogen-bond donors (Lipinski definition) is 0. The van der Waals surface area contributed by atoms with E-state index in [2.05, 4.69) is 10.1 Å². The molecule has 0 spiro atoms. The van der Waals surface area contributed by atoms with E-state index < -0.39 is 0 Å². The van der Waals surface area contributed by atoms with Crippen LogP contribution in [0.1, 0.15) is 38.4 Å². The van der Waals surface area contributed by atoms with Crippen molar-refractivity contribution in [3.63, 3.8) is 0 Å². The van der Waals surface area contributed by atoms with Crippen molar-refractivity contribution in [3.8, 4) is 11.4 Å². The first kappa shape index (κ1) is 13.7. The summed E-state index contributed by atoms with van der Waals surface area (Å²) in [5.41, 5.74) is 2.63. The van der Waals surface area contributed by atoms with Crippen LogP contribution < -0.4 is 0 Å². The lowest BCUT2D eigenvalue weighted by atomic mass is 10.1. The predicted molar refractivity (Wildman–Crippen MR) is 78.3 cm³/mol. The number of nitrogens with zero attached hydrogens (tertiary/aromatic N) is 5. The van der Waals surface area contributed by atoms with E-state index in [-0.39, 0.29) is 11.9 Å². The Morgan fingerprint density at radius 3 is 3.05 bits per heavy atom. The van der Waals surface area contributed by atoms with Crippen LogP contribution in [0.25, 0.3) is 11.4 Å². The third-order valence-corrected chi connectivity index (χ3v) is 3.93. The Labute approximate surface area is 123 Å². The summed E-state index contributed by atoms with van der Waals surface area (Å²) in [5, 5.41) is 4.27. The van der Waals surface area contributed by atoms with Crippen molar-refractivity contribution in [2.45, 2.75) is 39.3 Å². The second-order valence-electron chi connectivity index (χ2n) is 5.23. The zero-order valence-electron chi connectivity index (χ0n) is 12.4. The Balaban J connectivity index is 1.95. The number of amides is 1. The average molecular weight is 285 g/mol. The standard InChI is InChI=1S/C15H19N5O/c1-3-20-15(6-7-17-20)13-10-16-9-12(18-13)14-5-4-8-19(14)11(2)21/h6-7,9-10,14H,3-5,8H2,1-2H3. The first-order valence-corrected chi connectivity index (χ1v) is 7.32. The van der Waals surface area contributed by atoms with Crippen LogP contribution in [0.3, 0.4) is 0 Å². The van der Waals surface area contributed by atoms with Crippen LogP contribution in [-0.4, -0.2) is 37.1 Å². The third-order valence-electron chi connectivity index (χ3n) is 3.93. The van der Waals surface area contributed by atoms with E-state index >= 15 is 0 Å². The SMILES string of the molecule is CCn1nccc1-c1cncc(C2CCCN2C(C)=O)n1. The zero-order chi connectivity index (χ0) is 14.8. The highest BCUT2D eigenvalue weighted by Gasteiger charge is 2.29. The molecule has 110 valence electrons. The minimum absolute atomic E-state index is 0.0490. The van der Waals surface area contributed by atoms with E-state index in [1.54, 1.807) is 25.5 Å². The van der Waals surface area contributed by atoms with Crippen LogP contribution in [-0.2, 0) is 11.3 Å². The molecular formula is C15H19N5O. The van der Waals surface area contributed by atoms with E-state index in [1.807, 2.05) is 22.6 Å². The highest BCUT2D eigenvalue weighted by Crippen LogP contribution is 2.31. The van der Waals surface area contributed by atoms with Gasteiger partial charge in [0.25, 0.3) is 0 Å². The van der Waals surface area contributed by atoms with Crippen molar-refractivity contribution in [2.24, 2.45) is 0 Å². The van der Waals surface area contributed by atoms with Gasteiger partial charge in [0, 0.05) is 26.2 Å². The smallest absolute Gasteiger partial charge is 0.220 e. The maximum Gasteiger partial charge on any atom is 0.220 e. The van der Waals surface area contributed by atoms with Gasteiger partial charge in [-0.3, -0.25) is 14.5 Å². The average Bonchev–Trinajstić information content (AvgIpc) is 3.16. The van der Waals surface area contributed by atoms with Gasteiger partial charge in [0.05, 0.1) is 29.8 Å². The molecule has 1 unspecified atom stereocenters. The molecule has 1 atom stereocenters. The summed E-state index contributed by atoms with van der Waals surface area (Å²) in [5.74, 6) is 0.100. The molecule has 0 aliphatic carbocycles. The van der Waals surface area contributed by atoms with Gasteiger partial charge in [0.15, 0.2) is 0 Å². The maximum absolute atomic E-state index is 11.7. The lowest BCUT2D eigenvalue weighted by molar-refractivity contribution is -0.129. The fraction of sp³-hybridized carbons (Fsp3) is 0.467. The molecule has 1 aliphatic rings. The Hall–Kier alpha value is -2.24. The summed E-state index contributed by atoms with van der Waals surface area (Å²) in [4.78, 5) is 22.6. The number of rotatable bonds is 3. The van der Waals surface area contributed by atoms with Gasteiger partial charge >= 0.3 is 0 Å². The Morgan fingerprint density at radius 1 is 1.43 bits per heavy atom. The molecule has 0 N–H and O–H groups in total. The van der Waals surface area contributed by atoms with Gasteiger partial charge in [0.2, 0.25) is 5.91 Å². The normalized spacial score (nSPS) is 18.2. The maximum atomic E-state index is 11.7. The predicted octanol–water partition coefficient (Wildman–Crippen LogP) is 2.04. The topological polar surface area (TPSA) is 63.9 Å². The molecule has 21 heavy (non-hydrogen) atoms. The summed E-state index contributed by atoms with van der Waals surface area (Å²) in [6, 6.07) is 1.99. The summed E-state index contributed by atoms with van der Waals surface area (Å²) >= 11 is 0. The fourth-order valence-electron chi connectivity index (χ4n) is 2.92. The molecule has 1 saturated heterocycles. The van der Waals surface area contributed by atoms with Crippen molar-refractivity contribution < 1.29 is 4.79 Å². The zero-order valence-corrected chi connectivity index (χ0v) is 12.4. The molecule has 0 saturated carbocycles. The molecule has 2 aromatic heterocycles. The molecule has 0 bridgehead atoms. The first-order valence-electron chi connectivity index (χ1n) is 7.32. The van der Waals surface area contributed by atoms with Crippen molar-refractivity contribution in [1.82, 2.24) is 24.6 Å². The van der Waals surface area contributed by atoms with Gasteiger partial charge < -0.3 is 4.90 Å². The van der Waals surface area contributed by atoms with Gasteiger partial charge in [-0.1, -0.05) is 0 Å². The van der Waals surface area contributed by atoms with E-state index in [0.29, 0.717) is 0 Å². The first-order chi connectivity index (χ1) is 10.2. The van der Waals surface area contributed by atoms with Crippen LogP contribution >= 0.6 is 0 Å². The number of carbonyl (C=O) groups excluding carboxylic acids is 1. The number of carbonyl (C=O) groups is 1. The highest BCUT2D eigenvalue weighted by atomic mass is 16.2. The monoisotopic (exact) mass is 285 g/mol. The van der Waals surface area contributed by atoms with Gasteiger partial charge in [-0.15, -0.1) is 0 Å². The van der Waals surface area contributed by atoms with Gasteiger partial charge in [0.1, 0.15) is 5.69 Å². The molecule has 3 rings (SSSR count). The number of aromatic nitrogens is 4. The van der Waals surface area contributed by atoms with E-state index in [9.17, 15) is 4.79 Å². The molecule has 2 aromatic rings. The minimum Gasteiger partial charge on any atom is -0.334 e. The third kappa shape index (κ3) is 2.53. The lowest BCUT2D eigenvalue weighted by Crippen LogP contribution is -2.28. The molecule has 1 aliphatic heterocycles. The summed E-state index contributed by atoms with van der Waals surface area (Å²) in [6.07, 6.45) is 7.25. The summed E-state index contributed by atoms with van der Waals surface area (Å²) in [7, 11) is 0. The van der Waals surface area contributed by atoms with Gasteiger partial charge in [-0.05, 0) is 25.8 Å². The van der Waals surface area contributed by atoms with Crippen LogP contribution in [0.5, 0.6) is 0 Å². The number of likely N-dealkylation sites (tertiary alicyclic amines) is 1. The molecular weight excluding hydrogens is 266 g/mol. The number of aryl methyl sites for hydroxylation is 1. The van der Waals surface area contributed by atoms with Crippen molar-refractivity contribution in [3.05, 3.63) is 30.4 Å². The number of hydrogen-bond acceptors (Lipinski definition) is 4. The molecule has 6 heteroatoms. The summed E-state index contributed by atoms with van der Waals surface area (Å²) < 4.78 is 1.89. The quantitative estimate of drug-likeness (QED) is 0.865. The Morgan fingerprint density at radius 2 is 2.29 bits per heavy atom. The van der Waals surface area contributed by atoms with Crippen molar-refractivity contribution >= 4 is 5.91 Å². The van der Waals surface area contributed by atoms with Crippen LogP contribution in [0, 0.1) is 0 Å². The molecule has 0 radical (unpaired) electrons. The van der Waals surface area contributed by atoms with Crippen LogP contribution in [0.4, 0.5) is 0 Å². The van der Waals surface area contributed by atoms with E-state index in [0.717, 1.165) is 43.0 Å². The van der Waals surface area contributed by atoms with Gasteiger partial charge in [-0.25, -0.2) is 4.98 Å². The minimum atomic E-state index is 0.0490. The molecule has 3 heterocycles. The summed E-state index contributed by atoms with van der Waals surface area (Å²) in [6.45, 7) is 5.25. The van der Waals surface area contributed by atoms with E-state index in [1.165, 1.54) is 0 Å². The van der Waals surface area contributed by atoms with Crippen LogP contribution in [0.15, 0.2) is 24.7 Å². The second-order valence-corrected chi connectivity index (χ2v) is 5.23. The van der Waals surface area contributed by atoms with Crippen LogP contribution in [0.2, 0.25) is 0 Å². The molecule has 1 fully saturated rings. The Bertz CT molecular complexity index is 651.